The Bertz CT molecular complexity index is 775. The molecule has 0 spiro atoms. The van der Waals surface area contributed by atoms with Crippen LogP contribution >= 0.6 is 0 Å². The fourth-order valence-electron chi connectivity index (χ4n) is 2.47. The fourth-order valence-corrected chi connectivity index (χ4v) is 2.47. The topological polar surface area (TPSA) is 68.5 Å². The summed E-state index contributed by atoms with van der Waals surface area (Å²) < 4.78 is 6.86. The first-order chi connectivity index (χ1) is 10.4. The molecule has 0 radical (unpaired) electrons. The molecule has 1 N–H and O–H groups in total. The summed E-state index contributed by atoms with van der Waals surface area (Å²) in [4.78, 5) is 23.7. The Kier molecular flexibility index (Phi) is 4.35. The first-order valence-electron chi connectivity index (χ1n) is 7.00. The van der Waals surface area contributed by atoms with E-state index in [0.717, 1.165) is 11.1 Å². The van der Waals surface area contributed by atoms with Crippen molar-refractivity contribution in [2.75, 3.05) is 7.11 Å². The van der Waals surface area contributed by atoms with E-state index in [9.17, 15) is 9.59 Å². The van der Waals surface area contributed by atoms with E-state index in [2.05, 4.69) is 0 Å². The summed E-state index contributed by atoms with van der Waals surface area (Å²) in [6.07, 6.45) is 0. The molecule has 1 heterocycles. The normalized spacial score (nSPS) is 10.8. The fraction of sp³-hybridized carbons (Fsp3) is 0.294. The monoisotopic (exact) mass is 301 g/mol. The molecule has 0 amide bonds. The van der Waals surface area contributed by atoms with Gasteiger partial charge in [-0.3, -0.25) is 4.79 Å². The van der Waals surface area contributed by atoms with Gasteiger partial charge in [-0.25, -0.2) is 4.79 Å². The van der Waals surface area contributed by atoms with Crippen LogP contribution in [0.3, 0.4) is 0 Å². The SMILES string of the molecule is COc1ccc(C)cc1-c1ccc(C(=O)O)c(=O)n1C(C)C. The molecule has 22 heavy (non-hydrogen) atoms. The Balaban J connectivity index is 2.82. The minimum absolute atomic E-state index is 0.174. The van der Waals surface area contributed by atoms with Crippen LogP contribution in [-0.4, -0.2) is 22.8 Å². The molecule has 1 aromatic heterocycles. The molecule has 5 heteroatoms. The maximum absolute atomic E-state index is 12.5. The Labute approximate surface area is 128 Å². The third kappa shape index (κ3) is 2.74. The molecule has 0 fully saturated rings. The molecule has 0 saturated carbocycles. The standard InChI is InChI=1S/C17H19NO4/c1-10(2)18-14(7-6-12(16(18)19)17(20)21)13-9-11(3)5-8-15(13)22-4/h5-10H,1-4H3,(H,20,21). The molecule has 0 aliphatic heterocycles. The van der Waals surface area contributed by atoms with E-state index in [1.165, 1.54) is 10.6 Å². The van der Waals surface area contributed by atoms with Gasteiger partial charge in [-0.2, -0.15) is 0 Å². The number of carboxylic acid groups (broad SMARTS) is 1. The van der Waals surface area contributed by atoms with Crippen LogP contribution in [0.25, 0.3) is 11.3 Å². The van der Waals surface area contributed by atoms with Crippen LogP contribution in [0.4, 0.5) is 0 Å². The molecular formula is C17H19NO4. The van der Waals surface area contributed by atoms with Crippen LogP contribution in [0, 0.1) is 6.92 Å². The van der Waals surface area contributed by atoms with E-state index < -0.39 is 11.5 Å². The van der Waals surface area contributed by atoms with Crippen molar-refractivity contribution in [3.05, 3.63) is 51.8 Å². The highest BCUT2D eigenvalue weighted by Crippen LogP contribution is 2.31. The summed E-state index contributed by atoms with van der Waals surface area (Å²) in [5.74, 6) is -0.579. The zero-order chi connectivity index (χ0) is 16.4. The van der Waals surface area contributed by atoms with Crippen molar-refractivity contribution >= 4 is 5.97 Å². The van der Waals surface area contributed by atoms with Gasteiger partial charge in [-0.15, -0.1) is 0 Å². The largest absolute Gasteiger partial charge is 0.496 e. The van der Waals surface area contributed by atoms with E-state index in [-0.39, 0.29) is 11.6 Å². The number of aromatic carboxylic acids is 1. The summed E-state index contributed by atoms with van der Waals surface area (Å²) in [7, 11) is 1.57. The number of carbonyl (C=O) groups is 1. The Hall–Kier alpha value is -2.56. The van der Waals surface area contributed by atoms with Gasteiger partial charge in [0.05, 0.1) is 12.8 Å². The van der Waals surface area contributed by atoms with Gasteiger partial charge in [0.25, 0.3) is 5.56 Å². The van der Waals surface area contributed by atoms with Gasteiger partial charge in [-0.1, -0.05) is 11.6 Å². The highest BCUT2D eigenvalue weighted by molar-refractivity contribution is 5.87. The number of hydrogen-bond acceptors (Lipinski definition) is 3. The predicted molar refractivity (Wildman–Crippen MR) is 84.8 cm³/mol. The molecule has 0 saturated heterocycles. The van der Waals surface area contributed by atoms with Crippen molar-refractivity contribution in [2.45, 2.75) is 26.8 Å². The van der Waals surface area contributed by atoms with Crippen molar-refractivity contribution in [3.8, 4) is 17.0 Å². The van der Waals surface area contributed by atoms with E-state index >= 15 is 0 Å². The number of methoxy groups -OCH3 is 1. The lowest BCUT2D eigenvalue weighted by atomic mass is 10.0. The molecule has 0 aliphatic rings. The highest BCUT2D eigenvalue weighted by Gasteiger charge is 2.18. The lowest BCUT2D eigenvalue weighted by molar-refractivity contribution is 0.0694. The van der Waals surface area contributed by atoms with Gasteiger partial charge >= 0.3 is 5.97 Å². The van der Waals surface area contributed by atoms with E-state index in [4.69, 9.17) is 9.84 Å². The number of ether oxygens (including phenoxy) is 1. The molecular weight excluding hydrogens is 282 g/mol. The van der Waals surface area contributed by atoms with Gasteiger partial charge in [0.1, 0.15) is 11.3 Å². The number of nitrogens with zero attached hydrogens (tertiary/aromatic N) is 1. The van der Waals surface area contributed by atoms with E-state index in [1.807, 2.05) is 39.0 Å². The second-order valence-electron chi connectivity index (χ2n) is 5.41. The molecule has 116 valence electrons. The zero-order valence-corrected chi connectivity index (χ0v) is 13.1. The Morgan fingerprint density at radius 1 is 1.23 bits per heavy atom. The van der Waals surface area contributed by atoms with Gasteiger partial charge in [0.2, 0.25) is 0 Å². The number of pyridine rings is 1. The smallest absolute Gasteiger partial charge is 0.341 e. The third-order valence-corrected chi connectivity index (χ3v) is 3.49. The highest BCUT2D eigenvalue weighted by atomic mass is 16.5. The van der Waals surface area contributed by atoms with Crippen LogP contribution in [0.1, 0.15) is 35.8 Å². The molecule has 5 nitrogen and oxygen atoms in total. The third-order valence-electron chi connectivity index (χ3n) is 3.49. The van der Waals surface area contributed by atoms with Crippen molar-refractivity contribution in [1.29, 1.82) is 0 Å². The van der Waals surface area contributed by atoms with Crippen molar-refractivity contribution in [3.63, 3.8) is 0 Å². The maximum Gasteiger partial charge on any atom is 0.341 e. The van der Waals surface area contributed by atoms with Crippen LogP contribution in [-0.2, 0) is 0 Å². The first kappa shape index (κ1) is 15.8. The first-order valence-corrected chi connectivity index (χ1v) is 7.00. The Morgan fingerprint density at radius 2 is 1.91 bits per heavy atom. The van der Waals surface area contributed by atoms with E-state index in [0.29, 0.717) is 11.4 Å². The molecule has 1 aromatic carbocycles. The van der Waals surface area contributed by atoms with Crippen LogP contribution in [0.15, 0.2) is 35.1 Å². The van der Waals surface area contributed by atoms with Gasteiger partial charge in [-0.05, 0) is 45.0 Å². The summed E-state index contributed by atoms with van der Waals surface area (Å²) in [6, 6.07) is 8.51. The van der Waals surface area contributed by atoms with Crippen molar-refractivity contribution < 1.29 is 14.6 Å². The van der Waals surface area contributed by atoms with Gasteiger partial charge in [0, 0.05) is 11.6 Å². The van der Waals surface area contributed by atoms with Gasteiger partial charge < -0.3 is 14.4 Å². The van der Waals surface area contributed by atoms with Gasteiger partial charge in [0.15, 0.2) is 0 Å². The molecule has 0 atom stereocenters. The maximum atomic E-state index is 12.5. The average Bonchev–Trinajstić information content (AvgIpc) is 2.45. The van der Waals surface area contributed by atoms with E-state index in [1.54, 1.807) is 13.2 Å². The quantitative estimate of drug-likeness (QED) is 0.942. The molecule has 2 aromatic rings. The van der Waals surface area contributed by atoms with Crippen molar-refractivity contribution in [2.24, 2.45) is 0 Å². The van der Waals surface area contributed by atoms with Crippen LogP contribution in [0.2, 0.25) is 0 Å². The van der Waals surface area contributed by atoms with Crippen molar-refractivity contribution in [1.82, 2.24) is 4.57 Å². The Morgan fingerprint density at radius 3 is 2.45 bits per heavy atom. The lowest BCUT2D eigenvalue weighted by Gasteiger charge is -2.19. The predicted octanol–water partition coefficient (Wildman–Crippen LogP) is 3.11. The van der Waals surface area contributed by atoms with Crippen LogP contribution < -0.4 is 10.3 Å². The minimum atomic E-state index is -1.22. The number of carboxylic acids is 1. The number of hydrogen-bond donors (Lipinski definition) is 1. The number of aryl methyl sites for hydroxylation is 1. The lowest BCUT2D eigenvalue weighted by Crippen LogP contribution is -2.28. The minimum Gasteiger partial charge on any atom is -0.496 e. The summed E-state index contributed by atoms with van der Waals surface area (Å²) in [5.41, 5.74) is 1.70. The summed E-state index contributed by atoms with van der Waals surface area (Å²) >= 11 is 0. The average molecular weight is 301 g/mol. The van der Waals surface area contributed by atoms with Crippen LogP contribution in [0.5, 0.6) is 5.75 Å². The molecule has 0 aliphatic carbocycles. The number of benzene rings is 1. The summed E-state index contributed by atoms with van der Waals surface area (Å²) in [6.45, 7) is 5.64. The molecule has 0 unspecified atom stereocenters. The molecule has 0 bridgehead atoms. The number of aromatic nitrogens is 1. The second kappa shape index (κ2) is 6.05. The molecule has 2 rings (SSSR count). The second-order valence-corrected chi connectivity index (χ2v) is 5.41. The number of rotatable bonds is 4. The zero-order valence-electron chi connectivity index (χ0n) is 13.1. The summed E-state index contributed by atoms with van der Waals surface area (Å²) in [5, 5.41) is 9.14.